The average molecular weight is 401 g/mol. The largest absolute Gasteiger partial charge is 0.344 e. The molecule has 2 aromatic carbocycles. The van der Waals surface area contributed by atoms with E-state index in [1.807, 2.05) is 49.4 Å². The highest BCUT2D eigenvalue weighted by atomic mass is 32.2. The van der Waals surface area contributed by atoms with Crippen LogP contribution in [0, 0.1) is 0 Å². The summed E-state index contributed by atoms with van der Waals surface area (Å²) in [5.74, 6) is 0.377. The summed E-state index contributed by atoms with van der Waals surface area (Å²) in [6, 6.07) is 13.1. The molecule has 3 rings (SSSR count). The van der Waals surface area contributed by atoms with E-state index in [-0.39, 0.29) is 18.2 Å². The van der Waals surface area contributed by atoms with Crippen LogP contribution in [-0.2, 0) is 16.0 Å². The minimum absolute atomic E-state index is 0.200. The normalized spacial score (nSPS) is 11.9. The van der Waals surface area contributed by atoms with Crippen molar-refractivity contribution in [2.24, 2.45) is 0 Å². The lowest BCUT2D eigenvalue weighted by Gasteiger charge is -2.13. The molecular weight excluding hydrogens is 380 g/mol. The summed E-state index contributed by atoms with van der Waals surface area (Å²) >= 11 is 2.89. The number of nitrogens with zero attached hydrogens (tertiary/aromatic N) is 2. The van der Waals surface area contributed by atoms with Crippen LogP contribution in [0.5, 0.6) is 0 Å². The zero-order chi connectivity index (χ0) is 19.2. The van der Waals surface area contributed by atoms with E-state index in [9.17, 15) is 9.59 Å². The van der Waals surface area contributed by atoms with Crippen molar-refractivity contribution in [3.8, 4) is 0 Å². The Labute approximate surface area is 165 Å². The molecule has 0 saturated heterocycles. The average Bonchev–Trinajstić information content (AvgIpc) is 3.09. The van der Waals surface area contributed by atoms with E-state index in [1.54, 1.807) is 18.7 Å². The molecule has 0 aliphatic rings. The van der Waals surface area contributed by atoms with Gasteiger partial charge in [-0.25, -0.2) is 0 Å². The van der Waals surface area contributed by atoms with E-state index >= 15 is 0 Å². The molecule has 0 fully saturated rings. The van der Waals surface area contributed by atoms with Crippen molar-refractivity contribution < 1.29 is 9.59 Å². The quantitative estimate of drug-likeness (QED) is 0.468. The molecule has 1 aromatic heterocycles. The summed E-state index contributed by atoms with van der Waals surface area (Å²) in [5, 5.41) is 15.9. The van der Waals surface area contributed by atoms with Gasteiger partial charge in [-0.05, 0) is 29.0 Å². The fourth-order valence-corrected chi connectivity index (χ4v) is 4.29. The van der Waals surface area contributed by atoms with Gasteiger partial charge in [0.1, 0.15) is 6.04 Å². The highest BCUT2D eigenvalue weighted by Crippen LogP contribution is 2.25. The number of anilines is 1. The number of hydrogen-bond acceptors (Lipinski definition) is 6. The topological polar surface area (TPSA) is 84.0 Å². The van der Waals surface area contributed by atoms with Crippen molar-refractivity contribution in [3.05, 3.63) is 48.0 Å². The number of benzene rings is 2. The van der Waals surface area contributed by atoms with Gasteiger partial charge in [0.2, 0.25) is 16.9 Å². The Bertz CT molecular complexity index is 952. The lowest BCUT2D eigenvalue weighted by atomic mass is 10.0. The molecule has 0 saturated carbocycles. The SMILES string of the molecule is CCSc1nnc(NC(=O)C(C)NC(=O)Cc2cccc3ccccc23)s1. The Morgan fingerprint density at radius 1 is 1.15 bits per heavy atom. The molecule has 27 heavy (non-hydrogen) atoms. The molecule has 140 valence electrons. The maximum Gasteiger partial charge on any atom is 0.248 e. The number of fused-ring (bicyclic) bond motifs is 1. The van der Waals surface area contributed by atoms with Crippen LogP contribution >= 0.6 is 23.1 Å². The first-order valence-electron chi connectivity index (χ1n) is 8.60. The third kappa shape index (κ3) is 5.05. The number of hydrogen-bond donors (Lipinski definition) is 2. The van der Waals surface area contributed by atoms with Crippen LogP contribution in [-0.4, -0.2) is 33.8 Å². The fraction of sp³-hybridized carbons (Fsp3) is 0.263. The molecule has 6 nitrogen and oxygen atoms in total. The highest BCUT2D eigenvalue weighted by molar-refractivity contribution is 8.01. The number of carbonyl (C=O) groups excluding carboxylic acids is 2. The van der Waals surface area contributed by atoms with Gasteiger partial charge in [-0.1, -0.05) is 72.5 Å². The number of rotatable bonds is 7. The van der Waals surface area contributed by atoms with Gasteiger partial charge in [-0.3, -0.25) is 14.9 Å². The monoisotopic (exact) mass is 400 g/mol. The van der Waals surface area contributed by atoms with Crippen molar-refractivity contribution in [2.75, 3.05) is 11.1 Å². The highest BCUT2D eigenvalue weighted by Gasteiger charge is 2.18. The molecule has 1 heterocycles. The summed E-state index contributed by atoms with van der Waals surface area (Å²) in [6.07, 6.45) is 0.217. The Hall–Kier alpha value is -2.45. The summed E-state index contributed by atoms with van der Waals surface area (Å²) in [6.45, 7) is 3.68. The van der Waals surface area contributed by atoms with Gasteiger partial charge in [0.05, 0.1) is 6.42 Å². The predicted octanol–water partition coefficient (Wildman–Crippen LogP) is 3.49. The van der Waals surface area contributed by atoms with Crippen molar-refractivity contribution in [1.82, 2.24) is 15.5 Å². The molecular formula is C19H20N4O2S2. The van der Waals surface area contributed by atoms with Gasteiger partial charge in [-0.15, -0.1) is 10.2 Å². The molecule has 3 aromatic rings. The predicted molar refractivity (Wildman–Crippen MR) is 110 cm³/mol. The van der Waals surface area contributed by atoms with Gasteiger partial charge in [0.25, 0.3) is 0 Å². The van der Waals surface area contributed by atoms with Gasteiger partial charge in [-0.2, -0.15) is 0 Å². The number of amides is 2. The zero-order valence-electron chi connectivity index (χ0n) is 15.1. The van der Waals surface area contributed by atoms with E-state index in [4.69, 9.17) is 0 Å². The zero-order valence-corrected chi connectivity index (χ0v) is 16.7. The molecule has 0 aliphatic heterocycles. The molecule has 0 radical (unpaired) electrons. The summed E-state index contributed by atoms with van der Waals surface area (Å²) in [7, 11) is 0. The van der Waals surface area contributed by atoms with Crippen molar-refractivity contribution in [2.45, 2.75) is 30.6 Å². The van der Waals surface area contributed by atoms with Crippen molar-refractivity contribution in [3.63, 3.8) is 0 Å². The third-order valence-corrected chi connectivity index (χ3v) is 5.76. The van der Waals surface area contributed by atoms with Gasteiger partial charge in [0.15, 0.2) is 4.34 Å². The first-order valence-corrected chi connectivity index (χ1v) is 10.4. The maximum atomic E-state index is 12.4. The van der Waals surface area contributed by atoms with Crippen LogP contribution in [0.1, 0.15) is 19.4 Å². The fourth-order valence-electron chi connectivity index (χ4n) is 2.63. The van der Waals surface area contributed by atoms with E-state index in [2.05, 4.69) is 20.8 Å². The van der Waals surface area contributed by atoms with Crippen LogP contribution in [0.15, 0.2) is 46.8 Å². The number of thioether (sulfide) groups is 1. The smallest absolute Gasteiger partial charge is 0.248 e. The second kappa shape index (κ2) is 8.96. The van der Waals surface area contributed by atoms with E-state index < -0.39 is 6.04 Å². The van der Waals surface area contributed by atoms with Gasteiger partial charge >= 0.3 is 0 Å². The van der Waals surface area contributed by atoms with E-state index in [0.29, 0.717) is 5.13 Å². The first kappa shape index (κ1) is 19.3. The summed E-state index contributed by atoms with van der Waals surface area (Å²) < 4.78 is 0.806. The van der Waals surface area contributed by atoms with E-state index in [0.717, 1.165) is 26.4 Å². The maximum absolute atomic E-state index is 12.4. The molecule has 8 heteroatoms. The second-order valence-electron chi connectivity index (χ2n) is 5.90. The minimum atomic E-state index is -0.668. The first-order chi connectivity index (χ1) is 13.1. The standard InChI is InChI=1S/C19H20N4O2S2/c1-3-26-19-23-22-18(27-19)21-17(25)12(2)20-16(24)11-14-9-6-8-13-7-4-5-10-15(13)14/h4-10,12H,3,11H2,1-2H3,(H,20,24)(H,21,22,25). The Balaban J connectivity index is 1.58. The number of nitrogens with one attached hydrogen (secondary N) is 2. The molecule has 0 aliphatic carbocycles. The van der Waals surface area contributed by atoms with Crippen molar-refractivity contribution >= 4 is 50.8 Å². The summed E-state index contributed by atoms with van der Waals surface area (Å²) in [5.41, 5.74) is 0.934. The molecule has 2 N–H and O–H groups in total. The van der Waals surface area contributed by atoms with Gasteiger partial charge < -0.3 is 5.32 Å². The number of aromatic nitrogens is 2. The molecule has 1 unspecified atom stereocenters. The summed E-state index contributed by atoms with van der Waals surface area (Å²) in [4.78, 5) is 24.7. The molecule has 1 atom stereocenters. The van der Waals surface area contributed by atoms with Crippen LogP contribution in [0.3, 0.4) is 0 Å². The van der Waals surface area contributed by atoms with Crippen LogP contribution in [0.2, 0.25) is 0 Å². The van der Waals surface area contributed by atoms with Crippen molar-refractivity contribution in [1.29, 1.82) is 0 Å². The van der Waals surface area contributed by atoms with E-state index in [1.165, 1.54) is 11.3 Å². The Morgan fingerprint density at radius 2 is 1.93 bits per heavy atom. The Morgan fingerprint density at radius 3 is 2.74 bits per heavy atom. The van der Waals surface area contributed by atoms with Gasteiger partial charge in [0, 0.05) is 0 Å². The second-order valence-corrected chi connectivity index (χ2v) is 8.39. The molecule has 0 bridgehead atoms. The lowest BCUT2D eigenvalue weighted by molar-refractivity contribution is -0.125. The Kier molecular flexibility index (Phi) is 6.41. The molecule has 2 amide bonds. The lowest BCUT2D eigenvalue weighted by Crippen LogP contribution is -2.42. The number of carbonyl (C=O) groups is 2. The van der Waals surface area contributed by atoms with Crippen LogP contribution in [0.25, 0.3) is 10.8 Å². The minimum Gasteiger partial charge on any atom is -0.344 e. The van der Waals surface area contributed by atoms with Crippen LogP contribution < -0.4 is 10.6 Å². The molecule has 0 spiro atoms. The van der Waals surface area contributed by atoms with Crippen LogP contribution in [0.4, 0.5) is 5.13 Å². The third-order valence-electron chi connectivity index (χ3n) is 3.91.